The molecule has 0 fully saturated rings. The number of alkyl halides is 2. The first kappa shape index (κ1) is 18.6. The molecule has 0 bridgehead atoms. The zero-order valence-corrected chi connectivity index (χ0v) is 14.2. The normalized spacial score (nSPS) is 12.2. The van der Waals surface area contributed by atoms with Gasteiger partial charge in [0.2, 0.25) is 6.43 Å². The second-order valence-corrected chi connectivity index (χ2v) is 5.95. The standard InChI is InChI=1S/C18H20F2N2O3/c1-10-5-4-6-13(7-10)22-11(2)8-14(12(22)3)17(23)21-15(18(24)25)9-16(19)20/h4-8,15-16H,9H2,1-3H3,(H,21,23)(H,24,25). The molecule has 5 nitrogen and oxygen atoms in total. The van der Waals surface area contributed by atoms with Gasteiger partial charge < -0.3 is 15.0 Å². The summed E-state index contributed by atoms with van der Waals surface area (Å²) in [4.78, 5) is 23.5. The smallest absolute Gasteiger partial charge is 0.326 e. The number of amides is 1. The number of nitrogens with one attached hydrogen (secondary N) is 1. The van der Waals surface area contributed by atoms with Gasteiger partial charge in [0.05, 0.1) is 5.56 Å². The minimum absolute atomic E-state index is 0.263. The van der Waals surface area contributed by atoms with E-state index in [0.29, 0.717) is 5.69 Å². The van der Waals surface area contributed by atoms with Crippen LogP contribution in [0.25, 0.3) is 5.69 Å². The third-order valence-corrected chi connectivity index (χ3v) is 3.95. The molecule has 0 aliphatic carbocycles. The lowest BCUT2D eigenvalue weighted by atomic mass is 10.1. The molecule has 0 aliphatic rings. The first-order valence-corrected chi connectivity index (χ1v) is 7.78. The highest BCUT2D eigenvalue weighted by Crippen LogP contribution is 2.22. The molecule has 2 aromatic rings. The highest BCUT2D eigenvalue weighted by Gasteiger charge is 2.26. The fourth-order valence-electron chi connectivity index (χ4n) is 2.79. The van der Waals surface area contributed by atoms with Crippen molar-refractivity contribution in [3.8, 4) is 5.69 Å². The van der Waals surface area contributed by atoms with Crippen LogP contribution in [0.15, 0.2) is 30.3 Å². The van der Waals surface area contributed by atoms with E-state index in [1.165, 1.54) is 0 Å². The Labute approximate surface area is 144 Å². The molecular formula is C18H20F2N2O3. The van der Waals surface area contributed by atoms with Crippen molar-refractivity contribution in [1.82, 2.24) is 9.88 Å². The third kappa shape index (κ3) is 4.23. The number of hydrogen-bond donors (Lipinski definition) is 2. The van der Waals surface area contributed by atoms with E-state index < -0.39 is 30.8 Å². The number of aryl methyl sites for hydroxylation is 2. The summed E-state index contributed by atoms with van der Waals surface area (Å²) < 4.78 is 26.8. The molecule has 1 unspecified atom stereocenters. The molecule has 0 aliphatic heterocycles. The van der Waals surface area contributed by atoms with Gasteiger partial charge in [-0.25, -0.2) is 13.6 Å². The lowest BCUT2D eigenvalue weighted by Crippen LogP contribution is -2.42. The molecular weight excluding hydrogens is 330 g/mol. The van der Waals surface area contributed by atoms with Crippen LogP contribution in [0.4, 0.5) is 8.78 Å². The molecule has 1 heterocycles. The predicted molar refractivity (Wildman–Crippen MR) is 89.5 cm³/mol. The van der Waals surface area contributed by atoms with Gasteiger partial charge in [0.1, 0.15) is 6.04 Å². The van der Waals surface area contributed by atoms with Crippen LogP contribution < -0.4 is 5.32 Å². The van der Waals surface area contributed by atoms with Crippen molar-refractivity contribution in [1.29, 1.82) is 0 Å². The number of aliphatic carboxylic acids is 1. The number of benzene rings is 1. The zero-order chi connectivity index (χ0) is 18.7. The van der Waals surface area contributed by atoms with E-state index in [-0.39, 0.29) is 5.56 Å². The molecule has 2 rings (SSSR count). The van der Waals surface area contributed by atoms with Gasteiger partial charge in [-0.3, -0.25) is 4.79 Å². The average molecular weight is 350 g/mol. The Kier molecular flexibility index (Phi) is 5.56. The van der Waals surface area contributed by atoms with Gasteiger partial charge in [-0.1, -0.05) is 12.1 Å². The van der Waals surface area contributed by atoms with E-state index in [0.717, 1.165) is 16.9 Å². The Balaban J connectivity index is 2.33. The Hall–Kier alpha value is -2.70. The van der Waals surface area contributed by atoms with Crippen LogP contribution >= 0.6 is 0 Å². The first-order valence-electron chi connectivity index (χ1n) is 7.78. The summed E-state index contributed by atoms with van der Waals surface area (Å²) in [5, 5.41) is 11.2. The Morgan fingerprint density at radius 3 is 2.44 bits per heavy atom. The van der Waals surface area contributed by atoms with Crippen molar-refractivity contribution >= 4 is 11.9 Å². The van der Waals surface area contributed by atoms with Crippen molar-refractivity contribution in [3.05, 3.63) is 52.8 Å². The lowest BCUT2D eigenvalue weighted by Gasteiger charge is -2.14. The summed E-state index contributed by atoms with van der Waals surface area (Å²) in [5.74, 6) is -2.17. The highest BCUT2D eigenvalue weighted by molar-refractivity contribution is 5.98. The number of carbonyl (C=O) groups is 2. The van der Waals surface area contributed by atoms with E-state index >= 15 is 0 Å². The van der Waals surface area contributed by atoms with E-state index in [1.807, 2.05) is 42.7 Å². The lowest BCUT2D eigenvalue weighted by molar-refractivity contribution is -0.140. The molecule has 0 saturated heterocycles. The Morgan fingerprint density at radius 2 is 1.88 bits per heavy atom. The predicted octanol–water partition coefficient (Wildman–Crippen LogP) is 3.24. The number of halogens is 2. The second-order valence-electron chi connectivity index (χ2n) is 5.95. The van der Waals surface area contributed by atoms with Gasteiger partial charge in [-0.15, -0.1) is 0 Å². The number of carboxylic acids is 1. The van der Waals surface area contributed by atoms with Crippen LogP contribution in [0.2, 0.25) is 0 Å². The van der Waals surface area contributed by atoms with E-state index in [4.69, 9.17) is 5.11 Å². The molecule has 1 aromatic heterocycles. The van der Waals surface area contributed by atoms with Crippen LogP contribution in [-0.4, -0.2) is 34.0 Å². The summed E-state index contributed by atoms with van der Waals surface area (Å²) in [6.07, 6.45) is -3.75. The van der Waals surface area contributed by atoms with Gasteiger partial charge in [-0.05, 0) is 44.5 Å². The highest BCUT2D eigenvalue weighted by atomic mass is 19.3. The number of rotatable bonds is 6. The maximum atomic E-state index is 12.5. The van der Waals surface area contributed by atoms with Crippen LogP contribution in [0, 0.1) is 20.8 Å². The summed E-state index contributed by atoms with van der Waals surface area (Å²) in [6, 6.07) is 7.69. The van der Waals surface area contributed by atoms with Crippen molar-refractivity contribution in [3.63, 3.8) is 0 Å². The minimum atomic E-state index is -2.82. The average Bonchev–Trinajstić information content (AvgIpc) is 2.81. The summed E-state index contributed by atoms with van der Waals surface area (Å²) in [5.41, 5.74) is 3.59. The Morgan fingerprint density at radius 1 is 1.20 bits per heavy atom. The van der Waals surface area contributed by atoms with Crippen LogP contribution in [0.3, 0.4) is 0 Å². The van der Waals surface area contributed by atoms with Gasteiger partial charge in [0.25, 0.3) is 5.91 Å². The second kappa shape index (κ2) is 7.46. The van der Waals surface area contributed by atoms with Crippen LogP contribution in [0.5, 0.6) is 0 Å². The number of nitrogens with zero attached hydrogens (tertiary/aromatic N) is 1. The van der Waals surface area contributed by atoms with E-state index in [1.54, 1.807) is 13.0 Å². The quantitative estimate of drug-likeness (QED) is 0.840. The molecule has 7 heteroatoms. The van der Waals surface area contributed by atoms with Crippen molar-refractivity contribution in [2.24, 2.45) is 0 Å². The summed E-state index contributed by atoms with van der Waals surface area (Å²) >= 11 is 0. The molecule has 1 atom stereocenters. The summed E-state index contributed by atoms with van der Waals surface area (Å²) in [7, 11) is 0. The van der Waals surface area contributed by atoms with Crippen molar-refractivity contribution in [2.45, 2.75) is 39.7 Å². The SMILES string of the molecule is Cc1cccc(-n2c(C)cc(C(=O)NC(CC(F)F)C(=O)O)c2C)c1. The van der Waals surface area contributed by atoms with Crippen LogP contribution in [-0.2, 0) is 4.79 Å². The Bertz CT molecular complexity index is 800. The number of carbonyl (C=O) groups excluding carboxylic acids is 1. The van der Waals surface area contributed by atoms with Gasteiger partial charge >= 0.3 is 5.97 Å². The molecule has 2 N–H and O–H groups in total. The molecule has 0 spiro atoms. The maximum Gasteiger partial charge on any atom is 0.326 e. The zero-order valence-electron chi connectivity index (χ0n) is 14.2. The first-order chi connectivity index (χ1) is 11.7. The maximum absolute atomic E-state index is 12.5. The molecule has 0 saturated carbocycles. The fraction of sp³-hybridized carbons (Fsp3) is 0.333. The van der Waals surface area contributed by atoms with E-state index in [9.17, 15) is 18.4 Å². The van der Waals surface area contributed by atoms with Crippen molar-refractivity contribution in [2.75, 3.05) is 0 Å². The summed E-state index contributed by atoms with van der Waals surface area (Å²) in [6.45, 7) is 5.50. The molecule has 1 aromatic carbocycles. The molecule has 1 amide bonds. The number of hydrogen-bond acceptors (Lipinski definition) is 2. The molecule has 0 radical (unpaired) electrons. The fourth-order valence-corrected chi connectivity index (χ4v) is 2.79. The van der Waals surface area contributed by atoms with E-state index in [2.05, 4.69) is 5.32 Å². The van der Waals surface area contributed by atoms with Gasteiger partial charge in [0.15, 0.2) is 0 Å². The monoisotopic (exact) mass is 350 g/mol. The van der Waals surface area contributed by atoms with Gasteiger partial charge in [-0.2, -0.15) is 0 Å². The topological polar surface area (TPSA) is 71.3 Å². The number of aromatic nitrogens is 1. The third-order valence-electron chi connectivity index (χ3n) is 3.95. The minimum Gasteiger partial charge on any atom is -0.480 e. The number of carboxylic acid groups (broad SMARTS) is 1. The van der Waals surface area contributed by atoms with Gasteiger partial charge in [0, 0.05) is 23.5 Å². The van der Waals surface area contributed by atoms with Crippen molar-refractivity contribution < 1.29 is 23.5 Å². The van der Waals surface area contributed by atoms with Crippen LogP contribution in [0.1, 0.15) is 33.7 Å². The largest absolute Gasteiger partial charge is 0.480 e. The molecule has 25 heavy (non-hydrogen) atoms. The molecule has 134 valence electrons.